The van der Waals surface area contributed by atoms with Crippen LogP contribution in [0.4, 0.5) is 15.0 Å². The number of hydrogen-bond acceptors (Lipinski definition) is 6. The molecule has 0 spiro atoms. The Balaban J connectivity index is 1.28. The summed E-state index contributed by atoms with van der Waals surface area (Å²) in [4.78, 5) is 25.4. The van der Waals surface area contributed by atoms with Gasteiger partial charge in [-0.1, -0.05) is 48.0 Å². The first-order valence-electron chi connectivity index (χ1n) is 11.3. The van der Waals surface area contributed by atoms with E-state index in [1.54, 1.807) is 43.0 Å². The summed E-state index contributed by atoms with van der Waals surface area (Å²) in [7, 11) is 0. The molecule has 0 bridgehead atoms. The first kappa shape index (κ1) is 23.7. The van der Waals surface area contributed by atoms with E-state index in [4.69, 9.17) is 16.3 Å². The molecule has 0 radical (unpaired) electrons. The van der Waals surface area contributed by atoms with Gasteiger partial charge in [0.2, 0.25) is 0 Å². The molecule has 0 saturated heterocycles. The van der Waals surface area contributed by atoms with E-state index in [2.05, 4.69) is 25.6 Å². The van der Waals surface area contributed by atoms with Crippen LogP contribution in [0.2, 0.25) is 5.02 Å². The number of amides is 1. The summed E-state index contributed by atoms with van der Waals surface area (Å²) < 4.78 is 21.3. The third-order valence-corrected chi connectivity index (χ3v) is 6.15. The Labute approximate surface area is 211 Å². The smallest absolute Gasteiger partial charge is 0.412 e. The number of pyridine rings is 1. The molecular weight excluding hydrogens is 483 g/mol. The lowest BCUT2D eigenvalue weighted by Gasteiger charge is -2.19. The van der Waals surface area contributed by atoms with E-state index in [-0.39, 0.29) is 24.2 Å². The lowest BCUT2D eigenvalue weighted by molar-refractivity contribution is 0.146. The molecule has 5 aromatic rings. The van der Waals surface area contributed by atoms with Crippen molar-refractivity contribution in [3.05, 3.63) is 102 Å². The Morgan fingerprint density at radius 1 is 1.08 bits per heavy atom. The molecule has 5 rings (SSSR count). The van der Waals surface area contributed by atoms with Crippen molar-refractivity contribution >= 4 is 39.8 Å². The number of carbonyl (C=O) groups excluding carboxylic acids is 1. The zero-order valence-electron chi connectivity index (χ0n) is 19.1. The molecule has 0 unspecified atom stereocenters. The molecule has 0 fully saturated rings. The number of nitrogens with zero attached hydrogens (tertiary/aromatic N) is 4. The van der Waals surface area contributed by atoms with E-state index in [1.165, 1.54) is 6.07 Å². The minimum atomic E-state index is -0.634. The van der Waals surface area contributed by atoms with Crippen LogP contribution in [-0.4, -0.2) is 38.1 Å². The number of anilines is 1. The van der Waals surface area contributed by atoms with Gasteiger partial charge in [-0.2, -0.15) is 0 Å². The number of fused-ring (bicyclic) bond motifs is 2. The van der Waals surface area contributed by atoms with Gasteiger partial charge in [0.25, 0.3) is 0 Å². The highest BCUT2D eigenvalue weighted by atomic mass is 35.5. The van der Waals surface area contributed by atoms with Crippen molar-refractivity contribution in [3.63, 3.8) is 0 Å². The van der Waals surface area contributed by atoms with Gasteiger partial charge < -0.3 is 14.5 Å². The number of carbonyl (C=O) groups is 1. The second-order valence-electron chi connectivity index (χ2n) is 8.18. The summed E-state index contributed by atoms with van der Waals surface area (Å²) in [6.45, 7) is 0.315. The lowest BCUT2D eigenvalue weighted by atomic mass is 10.1. The topological polar surface area (TPSA) is 93.4 Å². The highest BCUT2D eigenvalue weighted by Crippen LogP contribution is 2.20. The Hall–Kier alpha value is -4.08. The van der Waals surface area contributed by atoms with Crippen molar-refractivity contribution in [3.8, 4) is 0 Å². The minimum absolute atomic E-state index is 0.0341. The molecule has 1 amide bonds. The SMILES string of the molecule is O=C(Nc1cc2ccccc2cn1)OC[C@H](Cc1ncc2cnccn12)NCc1cccc(F)c1Cl. The van der Waals surface area contributed by atoms with Gasteiger partial charge in [0.05, 0.1) is 22.9 Å². The molecule has 10 heteroatoms. The first-order valence-corrected chi connectivity index (χ1v) is 11.7. The quantitative estimate of drug-likeness (QED) is 0.308. The van der Waals surface area contributed by atoms with Crippen molar-refractivity contribution in [2.75, 3.05) is 11.9 Å². The molecule has 0 aliphatic carbocycles. The average molecular weight is 505 g/mol. The molecule has 3 aromatic heterocycles. The second kappa shape index (κ2) is 10.7. The second-order valence-corrected chi connectivity index (χ2v) is 8.56. The van der Waals surface area contributed by atoms with E-state index >= 15 is 0 Å². The Kier molecular flexibility index (Phi) is 7.01. The zero-order valence-corrected chi connectivity index (χ0v) is 19.8. The third kappa shape index (κ3) is 5.42. The van der Waals surface area contributed by atoms with Crippen LogP contribution in [0.25, 0.3) is 16.3 Å². The fraction of sp³-hybridized carbons (Fsp3) is 0.154. The number of rotatable bonds is 8. The van der Waals surface area contributed by atoms with Gasteiger partial charge in [0.1, 0.15) is 24.1 Å². The minimum Gasteiger partial charge on any atom is -0.448 e. The highest BCUT2D eigenvalue weighted by molar-refractivity contribution is 6.31. The van der Waals surface area contributed by atoms with Crippen molar-refractivity contribution < 1.29 is 13.9 Å². The summed E-state index contributed by atoms with van der Waals surface area (Å²) in [5.74, 6) is 0.662. The van der Waals surface area contributed by atoms with Gasteiger partial charge in [0.15, 0.2) is 0 Å². The van der Waals surface area contributed by atoms with Crippen LogP contribution in [0.15, 0.2) is 79.5 Å². The number of ether oxygens (including phenoxy) is 1. The molecule has 8 nitrogen and oxygen atoms in total. The monoisotopic (exact) mass is 504 g/mol. The summed E-state index contributed by atoms with van der Waals surface area (Å²) in [6.07, 6.45) is 8.42. The predicted molar refractivity (Wildman–Crippen MR) is 135 cm³/mol. The van der Waals surface area contributed by atoms with Crippen LogP contribution in [0, 0.1) is 5.82 Å². The zero-order chi connectivity index (χ0) is 24.9. The summed E-state index contributed by atoms with van der Waals surface area (Å²) in [5.41, 5.74) is 1.45. The number of benzene rings is 2. The molecule has 3 heterocycles. The van der Waals surface area contributed by atoms with Crippen LogP contribution < -0.4 is 10.6 Å². The average Bonchev–Trinajstić information content (AvgIpc) is 3.30. The van der Waals surface area contributed by atoms with Gasteiger partial charge in [-0.3, -0.25) is 10.3 Å². The molecule has 1 atom stereocenters. The summed E-state index contributed by atoms with van der Waals surface area (Å²) >= 11 is 6.12. The van der Waals surface area contributed by atoms with Crippen molar-refractivity contribution in [1.29, 1.82) is 0 Å². The van der Waals surface area contributed by atoms with Crippen LogP contribution >= 0.6 is 11.6 Å². The summed E-state index contributed by atoms with van der Waals surface area (Å²) in [6, 6.07) is 13.8. The molecule has 182 valence electrons. The van der Waals surface area contributed by atoms with E-state index in [0.717, 1.165) is 22.1 Å². The van der Waals surface area contributed by atoms with E-state index in [1.807, 2.05) is 34.9 Å². The van der Waals surface area contributed by atoms with Gasteiger partial charge in [-0.05, 0) is 23.1 Å². The molecule has 2 N–H and O–H groups in total. The maximum Gasteiger partial charge on any atom is 0.412 e. The van der Waals surface area contributed by atoms with Crippen LogP contribution in [0.3, 0.4) is 0 Å². The number of imidazole rings is 1. The van der Waals surface area contributed by atoms with Crippen LogP contribution in [0.5, 0.6) is 0 Å². The Morgan fingerprint density at radius 3 is 2.83 bits per heavy atom. The van der Waals surface area contributed by atoms with E-state index in [9.17, 15) is 9.18 Å². The predicted octanol–water partition coefficient (Wildman–Crippen LogP) is 5.02. The third-order valence-electron chi connectivity index (χ3n) is 5.73. The lowest BCUT2D eigenvalue weighted by Crippen LogP contribution is -2.37. The molecule has 36 heavy (non-hydrogen) atoms. The molecule has 0 aliphatic rings. The molecular formula is C26H22ClFN6O2. The molecule has 0 aliphatic heterocycles. The summed E-state index contributed by atoms with van der Waals surface area (Å²) in [5, 5.41) is 7.96. The van der Waals surface area contributed by atoms with Crippen LogP contribution in [-0.2, 0) is 17.7 Å². The highest BCUT2D eigenvalue weighted by Gasteiger charge is 2.17. The maximum atomic E-state index is 13.9. The Bertz CT molecular complexity index is 1530. The number of hydrogen-bond donors (Lipinski definition) is 2. The fourth-order valence-corrected chi connectivity index (χ4v) is 4.07. The number of halogens is 2. The van der Waals surface area contributed by atoms with Crippen molar-refractivity contribution in [2.45, 2.75) is 19.0 Å². The first-order chi connectivity index (χ1) is 17.6. The molecule has 0 saturated carbocycles. The van der Waals surface area contributed by atoms with E-state index in [0.29, 0.717) is 17.8 Å². The molecule has 2 aromatic carbocycles. The number of nitrogens with one attached hydrogen (secondary N) is 2. The maximum absolute atomic E-state index is 13.9. The van der Waals surface area contributed by atoms with Gasteiger partial charge >= 0.3 is 6.09 Å². The van der Waals surface area contributed by atoms with Gasteiger partial charge in [-0.15, -0.1) is 0 Å². The van der Waals surface area contributed by atoms with Crippen LogP contribution in [0.1, 0.15) is 11.4 Å². The normalized spacial score (nSPS) is 12.1. The Morgan fingerprint density at radius 2 is 1.94 bits per heavy atom. The largest absolute Gasteiger partial charge is 0.448 e. The number of aromatic nitrogens is 4. The standard InChI is InChI=1S/C26H22ClFN6O2/c27-25-19(6-3-7-22(25)28)13-30-20(11-24-32-15-21-14-29-8-9-34(21)24)16-36-26(35)33-23-10-17-4-1-2-5-18(17)12-31-23/h1-10,12,14-15,20,30H,11,13,16H2,(H,31,33,35)/t20-/m0/s1. The van der Waals surface area contributed by atoms with E-state index < -0.39 is 11.9 Å². The van der Waals surface area contributed by atoms with Crippen molar-refractivity contribution in [2.24, 2.45) is 0 Å². The van der Waals surface area contributed by atoms with Gasteiger partial charge in [-0.25, -0.2) is 19.2 Å². The fourth-order valence-electron chi connectivity index (χ4n) is 3.88. The van der Waals surface area contributed by atoms with Crippen molar-refractivity contribution in [1.82, 2.24) is 24.7 Å². The van der Waals surface area contributed by atoms with Gasteiger partial charge in [0, 0.05) is 43.0 Å².